The van der Waals surface area contributed by atoms with Crippen LogP contribution in [-0.4, -0.2) is 67.4 Å². The van der Waals surface area contributed by atoms with Crippen molar-refractivity contribution in [2.45, 2.75) is 51.4 Å². The summed E-state index contributed by atoms with van der Waals surface area (Å²) in [7, 11) is 0. The molecule has 0 aliphatic carbocycles. The highest BCUT2D eigenvalue weighted by atomic mass is 79.9. The van der Waals surface area contributed by atoms with Crippen LogP contribution in [0.5, 0.6) is 0 Å². The Bertz CT molecular complexity index is 1550. The van der Waals surface area contributed by atoms with Crippen LogP contribution in [0.4, 0.5) is 0 Å². The number of piperidine rings is 1. The van der Waals surface area contributed by atoms with Crippen LogP contribution in [0.25, 0.3) is 22.4 Å². The number of halogens is 1. The second kappa shape index (κ2) is 10.7. The molecule has 2 aliphatic heterocycles. The third-order valence-corrected chi connectivity index (χ3v) is 8.52. The largest absolute Gasteiger partial charge is 0.420 e. The molecule has 1 atom stereocenters. The molecule has 0 bridgehead atoms. The highest BCUT2D eigenvalue weighted by molar-refractivity contribution is 9.10. The molecule has 0 spiro atoms. The van der Waals surface area contributed by atoms with Gasteiger partial charge >= 0.3 is 5.76 Å². The minimum atomic E-state index is -0.591. The van der Waals surface area contributed by atoms with Crippen molar-refractivity contribution in [2.75, 3.05) is 26.2 Å². The molecule has 2 aromatic carbocycles. The van der Waals surface area contributed by atoms with E-state index in [1.807, 2.05) is 58.1 Å². The van der Waals surface area contributed by atoms with Gasteiger partial charge in [-0.05, 0) is 37.1 Å². The first-order valence-corrected chi connectivity index (χ1v) is 14.3. The lowest BCUT2D eigenvalue weighted by Crippen LogP contribution is -2.42. The van der Waals surface area contributed by atoms with Crippen molar-refractivity contribution >= 4 is 32.9 Å². The number of β-amino-alcohol motifs (C(OH)–C–C–N with tert-alkyl or cyclic N) is 1. The Hall–Kier alpha value is -3.21. The molecule has 9 nitrogen and oxygen atoms in total. The molecule has 0 radical (unpaired) electrons. The number of aliphatic hydroxyl groups excluding tert-OH is 1. The maximum Gasteiger partial charge on any atom is 0.420 e. The number of rotatable bonds is 6. The summed E-state index contributed by atoms with van der Waals surface area (Å²) >= 11 is 3.50. The van der Waals surface area contributed by atoms with Gasteiger partial charge in [-0.2, -0.15) is 5.10 Å². The lowest BCUT2D eigenvalue weighted by atomic mass is 10.0. The lowest BCUT2D eigenvalue weighted by Gasteiger charge is -2.33. The van der Waals surface area contributed by atoms with Crippen molar-refractivity contribution in [3.63, 3.8) is 0 Å². The average molecular weight is 595 g/mol. The molecule has 1 N–H and O–H groups in total. The van der Waals surface area contributed by atoms with Crippen molar-refractivity contribution in [1.29, 1.82) is 0 Å². The van der Waals surface area contributed by atoms with Crippen LogP contribution < -0.4 is 5.76 Å². The number of para-hydroxylation sites is 2. The predicted octanol–water partition coefficient (Wildman–Crippen LogP) is 3.82. The number of nitrogens with zero attached hydrogens (tertiary/aromatic N) is 5. The first kappa shape index (κ1) is 26.0. The minimum absolute atomic E-state index is 0.0595. The monoisotopic (exact) mass is 593 g/mol. The van der Waals surface area contributed by atoms with Crippen molar-refractivity contribution < 1.29 is 14.3 Å². The summed E-state index contributed by atoms with van der Waals surface area (Å²) in [6.07, 6.45) is 1.76. The zero-order valence-corrected chi connectivity index (χ0v) is 23.5. The van der Waals surface area contributed by atoms with Gasteiger partial charge in [0, 0.05) is 73.4 Å². The van der Waals surface area contributed by atoms with Crippen LogP contribution in [0.1, 0.15) is 37.1 Å². The van der Waals surface area contributed by atoms with Crippen LogP contribution in [0, 0.1) is 0 Å². The normalized spacial score (nSPS) is 17.5. The van der Waals surface area contributed by atoms with E-state index in [0.29, 0.717) is 38.2 Å². The zero-order chi connectivity index (χ0) is 27.1. The third kappa shape index (κ3) is 5.20. The van der Waals surface area contributed by atoms with E-state index in [-0.39, 0.29) is 17.7 Å². The van der Waals surface area contributed by atoms with E-state index < -0.39 is 6.10 Å². The number of aliphatic hydroxyl groups is 1. The molecular formula is C29H32BrN5O4. The Balaban J connectivity index is 1.15. The number of carbonyl (C=O) groups is 1. The number of aromatic nitrogens is 3. The highest BCUT2D eigenvalue weighted by Crippen LogP contribution is 2.31. The second-order valence-corrected chi connectivity index (χ2v) is 11.5. The molecule has 39 heavy (non-hydrogen) atoms. The fraction of sp³-hybridized carbons (Fsp3) is 0.414. The van der Waals surface area contributed by atoms with Gasteiger partial charge in [0.1, 0.15) is 0 Å². The molecule has 1 unspecified atom stereocenters. The Morgan fingerprint density at radius 3 is 2.59 bits per heavy atom. The quantitative estimate of drug-likeness (QED) is 0.365. The number of amides is 1. The van der Waals surface area contributed by atoms with Crippen LogP contribution in [0.3, 0.4) is 0 Å². The Kier molecular flexibility index (Phi) is 7.18. The lowest BCUT2D eigenvalue weighted by molar-refractivity contribution is -0.129. The fourth-order valence-corrected chi connectivity index (χ4v) is 6.26. The van der Waals surface area contributed by atoms with Gasteiger partial charge in [0.05, 0.1) is 23.9 Å². The summed E-state index contributed by atoms with van der Waals surface area (Å²) in [4.78, 5) is 28.7. The summed E-state index contributed by atoms with van der Waals surface area (Å²) < 4.78 is 10.2. The first-order chi connectivity index (χ1) is 18.9. The first-order valence-electron chi connectivity index (χ1n) is 13.5. The molecular weight excluding hydrogens is 562 g/mol. The molecule has 1 fully saturated rings. The van der Waals surface area contributed by atoms with Gasteiger partial charge in [-0.25, -0.2) is 4.79 Å². The molecule has 0 saturated carbocycles. The molecule has 6 rings (SSSR count). The minimum Gasteiger partial charge on any atom is -0.408 e. The fourth-order valence-electron chi connectivity index (χ4n) is 6.00. The standard InChI is InChI=1S/C29H32BrN5O4/c1-19(36)33-15-12-25-24(18-33)28(20-6-8-21(30)9-7-20)31-34(25)17-23(37)16-32-13-10-22(11-14-32)35-26-4-2-3-5-27(26)39-29(35)38/h2-9,22-23,37H,10-18H2,1H3. The summed E-state index contributed by atoms with van der Waals surface area (Å²) in [6.45, 7) is 5.31. The van der Waals surface area contributed by atoms with E-state index in [9.17, 15) is 14.7 Å². The van der Waals surface area contributed by atoms with Crippen LogP contribution in [-0.2, 0) is 24.3 Å². The molecule has 4 aromatic rings. The van der Waals surface area contributed by atoms with Crippen molar-refractivity contribution in [3.8, 4) is 11.3 Å². The molecule has 2 aromatic heterocycles. The van der Waals surface area contributed by atoms with Gasteiger partial charge in [-0.3, -0.25) is 14.0 Å². The van der Waals surface area contributed by atoms with E-state index in [4.69, 9.17) is 9.52 Å². The number of oxazole rings is 1. The van der Waals surface area contributed by atoms with Crippen LogP contribution in [0.2, 0.25) is 0 Å². The maximum absolute atomic E-state index is 12.5. The smallest absolute Gasteiger partial charge is 0.408 e. The Morgan fingerprint density at radius 1 is 1.10 bits per heavy atom. The third-order valence-electron chi connectivity index (χ3n) is 7.99. The van der Waals surface area contributed by atoms with Gasteiger partial charge in [0.25, 0.3) is 0 Å². The van der Waals surface area contributed by atoms with E-state index in [1.54, 1.807) is 11.5 Å². The number of benzene rings is 2. The summed E-state index contributed by atoms with van der Waals surface area (Å²) in [6, 6.07) is 15.7. The molecule has 204 valence electrons. The Labute approximate surface area is 234 Å². The molecule has 2 aliphatic rings. The highest BCUT2D eigenvalue weighted by Gasteiger charge is 2.29. The number of hydrogen-bond donors (Lipinski definition) is 1. The second-order valence-electron chi connectivity index (χ2n) is 10.5. The van der Waals surface area contributed by atoms with E-state index in [1.165, 1.54) is 0 Å². The Morgan fingerprint density at radius 2 is 1.85 bits per heavy atom. The van der Waals surface area contributed by atoms with Gasteiger partial charge in [0.2, 0.25) is 5.91 Å². The zero-order valence-electron chi connectivity index (χ0n) is 21.9. The predicted molar refractivity (Wildman–Crippen MR) is 151 cm³/mol. The molecule has 10 heteroatoms. The van der Waals surface area contributed by atoms with Crippen molar-refractivity contribution in [1.82, 2.24) is 24.1 Å². The molecule has 1 amide bonds. The molecule has 1 saturated heterocycles. The maximum atomic E-state index is 12.5. The van der Waals surface area contributed by atoms with E-state index in [0.717, 1.165) is 58.4 Å². The number of likely N-dealkylation sites (tertiary alicyclic amines) is 1. The summed E-state index contributed by atoms with van der Waals surface area (Å²) in [5, 5.41) is 16.0. The van der Waals surface area contributed by atoms with Gasteiger partial charge in [-0.1, -0.05) is 40.2 Å². The van der Waals surface area contributed by atoms with Gasteiger partial charge in [-0.15, -0.1) is 0 Å². The van der Waals surface area contributed by atoms with Crippen molar-refractivity contribution in [3.05, 3.63) is 74.8 Å². The topological polar surface area (TPSA) is 96.7 Å². The van der Waals surface area contributed by atoms with Gasteiger partial charge in [0.15, 0.2) is 5.58 Å². The van der Waals surface area contributed by atoms with Crippen molar-refractivity contribution in [2.24, 2.45) is 0 Å². The van der Waals surface area contributed by atoms with E-state index >= 15 is 0 Å². The average Bonchev–Trinajstić information content (AvgIpc) is 3.46. The number of carbonyl (C=O) groups excluding carboxylic acids is 1. The SMILES string of the molecule is CC(=O)N1CCc2c(c(-c3ccc(Br)cc3)nn2CC(O)CN2CCC(n3c(=O)oc4ccccc43)CC2)C1. The summed E-state index contributed by atoms with van der Waals surface area (Å²) in [5.41, 5.74) is 5.48. The van der Waals surface area contributed by atoms with Crippen LogP contribution in [0.15, 0.2) is 62.2 Å². The van der Waals surface area contributed by atoms with Crippen LogP contribution >= 0.6 is 15.9 Å². The number of fused-ring (bicyclic) bond motifs is 2. The van der Waals surface area contributed by atoms with Gasteiger partial charge < -0.3 is 19.3 Å². The van der Waals surface area contributed by atoms with E-state index in [2.05, 4.69) is 20.8 Å². The number of hydrogen-bond acceptors (Lipinski definition) is 6. The molecule has 4 heterocycles. The summed E-state index contributed by atoms with van der Waals surface area (Å²) in [5.74, 6) is -0.243.